The molecule has 1 unspecified atom stereocenters. The van der Waals surface area contributed by atoms with Gasteiger partial charge in [-0.05, 0) is 35.7 Å². The average Bonchev–Trinajstić information content (AvgIpc) is 3.37. The number of thiophene rings is 1. The minimum atomic E-state index is -4.92. The molecule has 0 bridgehead atoms. The molecule has 1 atom stereocenters. The van der Waals surface area contributed by atoms with Crippen molar-refractivity contribution in [3.63, 3.8) is 0 Å². The summed E-state index contributed by atoms with van der Waals surface area (Å²) in [6.45, 7) is 1.22. The van der Waals surface area contributed by atoms with Gasteiger partial charge in [-0.1, -0.05) is 36.4 Å². The number of hydrogen-bond acceptors (Lipinski definition) is 6. The van der Waals surface area contributed by atoms with Crippen LogP contribution in [-0.2, 0) is 22.2 Å². The van der Waals surface area contributed by atoms with Gasteiger partial charge < -0.3 is 5.11 Å². The Balaban J connectivity index is 1.73. The topological polar surface area (TPSA) is 111 Å². The minimum Gasteiger partial charge on any atom is -0.375 e. The van der Waals surface area contributed by atoms with Crippen LogP contribution in [0.5, 0.6) is 0 Å². The van der Waals surface area contributed by atoms with Gasteiger partial charge in [-0.15, -0.1) is 16.4 Å². The summed E-state index contributed by atoms with van der Waals surface area (Å²) >= 11 is 0.930. The molecule has 0 radical (unpaired) electrons. The highest BCUT2D eigenvalue weighted by Crippen LogP contribution is 2.42. The number of aromatic nitrogens is 3. The average molecular weight is 515 g/mol. The highest BCUT2D eigenvalue weighted by atomic mass is 32.2. The number of alkyl halides is 3. The SMILES string of the molecule is CCC(O)(c1cn(Cc2ccc3c(-c4ccc(F)cc4)c(S(N)(=O)=O)sc3c2)nn1)C(F)(F)F. The zero-order chi connectivity index (χ0) is 24.9. The summed E-state index contributed by atoms with van der Waals surface area (Å²) in [5.41, 5.74) is -2.32. The lowest BCUT2D eigenvalue weighted by atomic mass is 9.96. The first-order chi connectivity index (χ1) is 15.8. The van der Waals surface area contributed by atoms with Crippen LogP contribution in [0.4, 0.5) is 17.6 Å². The molecular formula is C21H18F4N4O3S2. The van der Waals surface area contributed by atoms with E-state index in [1.54, 1.807) is 18.2 Å². The minimum absolute atomic E-state index is 0.0229. The third-order valence-electron chi connectivity index (χ3n) is 5.40. The van der Waals surface area contributed by atoms with Crippen LogP contribution in [0.1, 0.15) is 24.6 Å². The lowest BCUT2D eigenvalue weighted by Crippen LogP contribution is -2.42. The van der Waals surface area contributed by atoms with Crippen LogP contribution in [0.25, 0.3) is 21.2 Å². The van der Waals surface area contributed by atoms with Crippen molar-refractivity contribution in [2.75, 3.05) is 0 Å². The lowest BCUT2D eigenvalue weighted by molar-refractivity contribution is -0.269. The highest BCUT2D eigenvalue weighted by Gasteiger charge is 2.55. The molecular weight excluding hydrogens is 496 g/mol. The van der Waals surface area contributed by atoms with Crippen molar-refractivity contribution in [3.05, 3.63) is 65.7 Å². The van der Waals surface area contributed by atoms with Gasteiger partial charge in [0, 0.05) is 15.6 Å². The van der Waals surface area contributed by atoms with E-state index in [0.29, 0.717) is 26.8 Å². The summed E-state index contributed by atoms with van der Waals surface area (Å²) in [4.78, 5) is 0. The molecule has 2 aromatic carbocycles. The number of halogens is 4. The molecule has 0 aliphatic rings. The van der Waals surface area contributed by atoms with Crippen LogP contribution in [0.3, 0.4) is 0 Å². The first-order valence-electron chi connectivity index (χ1n) is 9.87. The van der Waals surface area contributed by atoms with Gasteiger partial charge in [-0.2, -0.15) is 13.2 Å². The zero-order valence-electron chi connectivity index (χ0n) is 17.5. The summed E-state index contributed by atoms with van der Waals surface area (Å²) < 4.78 is 79.3. The van der Waals surface area contributed by atoms with E-state index in [-0.39, 0.29) is 10.8 Å². The van der Waals surface area contributed by atoms with E-state index in [1.165, 1.54) is 31.2 Å². The molecule has 13 heteroatoms. The summed E-state index contributed by atoms with van der Waals surface area (Å²) in [5, 5.41) is 23.2. The largest absolute Gasteiger partial charge is 0.423 e. The molecule has 3 N–H and O–H groups in total. The maximum Gasteiger partial charge on any atom is 0.423 e. The summed E-state index contributed by atoms with van der Waals surface area (Å²) in [6, 6.07) is 10.3. The Morgan fingerprint density at radius 1 is 1.15 bits per heavy atom. The number of sulfonamides is 1. The summed E-state index contributed by atoms with van der Waals surface area (Å²) in [7, 11) is -4.09. The van der Waals surface area contributed by atoms with Crippen molar-refractivity contribution < 1.29 is 31.1 Å². The van der Waals surface area contributed by atoms with Gasteiger partial charge >= 0.3 is 6.18 Å². The first kappa shape index (κ1) is 24.3. The molecule has 2 heterocycles. The van der Waals surface area contributed by atoms with Crippen molar-refractivity contribution in [2.24, 2.45) is 5.14 Å². The summed E-state index contributed by atoms with van der Waals surface area (Å²) in [5.74, 6) is -0.476. The maximum atomic E-state index is 13.4. The van der Waals surface area contributed by atoms with Gasteiger partial charge in [0.15, 0.2) is 0 Å². The van der Waals surface area contributed by atoms with Crippen molar-refractivity contribution in [2.45, 2.75) is 35.9 Å². The van der Waals surface area contributed by atoms with Crippen LogP contribution in [0, 0.1) is 5.82 Å². The molecule has 180 valence electrons. The highest BCUT2D eigenvalue weighted by molar-refractivity contribution is 7.91. The van der Waals surface area contributed by atoms with Gasteiger partial charge in [0.2, 0.25) is 15.6 Å². The van der Waals surface area contributed by atoms with E-state index in [2.05, 4.69) is 10.3 Å². The monoisotopic (exact) mass is 514 g/mol. The molecule has 7 nitrogen and oxygen atoms in total. The van der Waals surface area contributed by atoms with Gasteiger partial charge in [-0.25, -0.2) is 22.6 Å². The fraction of sp³-hybridized carbons (Fsp3) is 0.238. The Hall–Kier alpha value is -2.87. The number of aliphatic hydroxyl groups is 1. The van der Waals surface area contributed by atoms with E-state index in [9.17, 15) is 31.1 Å². The van der Waals surface area contributed by atoms with Crippen molar-refractivity contribution in [1.29, 1.82) is 0 Å². The molecule has 0 spiro atoms. The predicted octanol–water partition coefficient (Wildman–Crippen LogP) is 4.15. The Labute approximate surface area is 195 Å². The fourth-order valence-corrected chi connectivity index (χ4v) is 5.85. The van der Waals surface area contributed by atoms with Gasteiger partial charge in [0.25, 0.3) is 0 Å². The van der Waals surface area contributed by atoms with Crippen LogP contribution in [0.15, 0.2) is 52.9 Å². The van der Waals surface area contributed by atoms with Crippen LogP contribution in [0.2, 0.25) is 0 Å². The van der Waals surface area contributed by atoms with Gasteiger partial charge in [0.05, 0.1) is 12.7 Å². The van der Waals surface area contributed by atoms with Crippen LogP contribution < -0.4 is 5.14 Å². The molecule has 2 aromatic heterocycles. The molecule has 0 aliphatic carbocycles. The normalized spacial score (nSPS) is 14.4. The number of fused-ring (bicyclic) bond motifs is 1. The molecule has 0 aliphatic heterocycles. The van der Waals surface area contributed by atoms with Gasteiger partial charge in [0.1, 0.15) is 15.7 Å². The number of nitrogens with zero attached hydrogens (tertiary/aromatic N) is 3. The van der Waals surface area contributed by atoms with E-state index in [1.807, 2.05) is 0 Å². The molecule has 34 heavy (non-hydrogen) atoms. The van der Waals surface area contributed by atoms with E-state index in [4.69, 9.17) is 5.14 Å². The fourth-order valence-electron chi connectivity index (χ4n) is 3.59. The second-order valence-electron chi connectivity index (χ2n) is 7.66. The zero-order valence-corrected chi connectivity index (χ0v) is 19.2. The molecule has 0 amide bonds. The van der Waals surface area contributed by atoms with Crippen LogP contribution >= 0.6 is 11.3 Å². The van der Waals surface area contributed by atoms with Gasteiger partial charge in [-0.3, -0.25) is 0 Å². The maximum absolute atomic E-state index is 13.4. The quantitative estimate of drug-likeness (QED) is 0.376. The second-order valence-corrected chi connectivity index (χ2v) is 10.5. The van der Waals surface area contributed by atoms with Crippen molar-refractivity contribution in [1.82, 2.24) is 15.0 Å². The van der Waals surface area contributed by atoms with E-state index >= 15 is 0 Å². The number of primary sulfonamides is 1. The van der Waals surface area contributed by atoms with Crippen LogP contribution in [-0.4, -0.2) is 34.7 Å². The molecule has 0 fully saturated rings. The Bertz CT molecular complexity index is 1460. The molecule has 4 aromatic rings. The third-order valence-corrected chi connectivity index (χ3v) is 8.02. The number of hydrogen-bond donors (Lipinski definition) is 2. The Morgan fingerprint density at radius 3 is 2.41 bits per heavy atom. The molecule has 4 rings (SSSR count). The van der Waals surface area contributed by atoms with E-state index < -0.39 is 39.7 Å². The van der Waals surface area contributed by atoms with Crippen molar-refractivity contribution in [3.8, 4) is 11.1 Å². The number of rotatable bonds is 6. The Kier molecular flexibility index (Phi) is 6.00. The smallest absolute Gasteiger partial charge is 0.375 e. The molecule has 0 saturated heterocycles. The second kappa shape index (κ2) is 8.41. The lowest BCUT2D eigenvalue weighted by Gasteiger charge is -2.26. The summed E-state index contributed by atoms with van der Waals surface area (Å²) in [6.07, 6.45) is -4.52. The standard InChI is InChI=1S/C21H18F4N4O3S2/c1-2-20(30,21(23,24)25)17-11-29(28-27-17)10-12-3-8-15-16(9-12)33-19(34(26,31)32)18(15)13-4-6-14(22)7-5-13/h3-9,11,30H,2,10H2,1H3,(H2,26,31,32). The van der Waals surface area contributed by atoms with E-state index in [0.717, 1.165) is 22.2 Å². The first-order valence-corrected chi connectivity index (χ1v) is 12.2. The van der Waals surface area contributed by atoms with Crippen molar-refractivity contribution >= 4 is 31.4 Å². The predicted molar refractivity (Wildman–Crippen MR) is 118 cm³/mol. The third kappa shape index (κ3) is 4.31. The number of nitrogens with two attached hydrogens (primary N) is 1. The molecule has 0 saturated carbocycles. The number of benzene rings is 2. The Morgan fingerprint density at radius 2 is 1.82 bits per heavy atom.